The standard InChI is InChI=1S/C22H16BrF6N3O/c23-16-9-3-13(4-10-16)12-31-20(33)32-18(14-5-7-15(8-6-14)21(24,25)26)19-17(22(27,28)29)2-1-11-30-19/h1-11,18H,12H2,(H2,31,32,33). The Morgan fingerprint density at radius 2 is 1.55 bits per heavy atom. The van der Waals surface area contributed by atoms with Gasteiger partial charge in [-0.2, -0.15) is 26.3 Å². The Labute approximate surface area is 193 Å². The van der Waals surface area contributed by atoms with Gasteiger partial charge in [0.1, 0.15) is 0 Å². The molecule has 2 N–H and O–H groups in total. The van der Waals surface area contributed by atoms with Crippen molar-refractivity contribution in [1.82, 2.24) is 15.6 Å². The van der Waals surface area contributed by atoms with Crippen molar-refractivity contribution in [3.63, 3.8) is 0 Å². The van der Waals surface area contributed by atoms with Crippen molar-refractivity contribution in [3.05, 3.63) is 99.3 Å². The van der Waals surface area contributed by atoms with Crippen molar-refractivity contribution in [2.45, 2.75) is 24.9 Å². The first-order valence-electron chi connectivity index (χ1n) is 9.43. The normalized spacial score (nSPS) is 12.8. The molecular formula is C22H16BrF6N3O. The van der Waals surface area contributed by atoms with E-state index in [1.807, 2.05) is 0 Å². The average molecular weight is 532 g/mol. The Hall–Kier alpha value is -3.08. The summed E-state index contributed by atoms with van der Waals surface area (Å²) in [4.78, 5) is 16.3. The maximum Gasteiger partial charge on any atom is 0.418 e. The van der Waals surface area contributed by atoms with E-state index >= 15 is 0 Å². The highest BCUT2D eigenvalue weighted by Crippen LogP contribution is 2.36. The Bertz CT molecular complexity index is 1100. The first-order chi connectivity index (χ1) is 15.4. The summed E-state index contributed by atoms with van der Waals surface area (Å²) in [6, 6.07) is 10.1. The van der Waals surface area contributed by atoms with E-state index in [9.17, 15) is 31.1 Å². The van der Waals surface area contributed by atoms with Crippen LogP contribution in [0.2, 0.25) is 0 Å². The lowest BCUT2D eigenvalue weighted by atomic mass is 9.98. The van der Waals surface area contributed by atoms with Crippen molar-refractivity contribution in [1.29, 1.82) is 0 Å². The number of carbonyl (C=O) groups is 1. The Morgan fingerprint density at radius 3 is 2.12 bits per heavy atom. The van der Waals surface area contributed by atoms with Crippen LogP contribution in [0.5, 0.6) is 0 Å². The van der Waals surface area contributed by atoms with Crippen molar-refractivity contribution in [2.24, 2.45) is 0 Å². The molecule has 174 valence electrons. The van der Waals surface area contributed by atoms with E-state index in [-0.39, 0.29) is 12.1 Å². The highest BCUT2D eigenvalue weighted by molar-refractivity contribution is 9.10. The molecule has 33 heavy (non-hydrogen) atoms. The molecule has 2 amide bonds. The molecule has 2 aromatic carbocycles. The van der Waals surface area contributed by atoms with E-state index < -0.39 is 41.2 Å². The number of pyridine rings is 1. The largest absolute Gasteiger partial charge is 0.418 e. The number of alkyl halides is 6. The van der Waals surface area contributed by atoms with Gasteiger partial charge in [0.25, 0.3) is 0 Å². The van der Waals surface area contributed by atoms with Gasteiger partial charge in [-0.15, -0.1) is 0 Å². The minimum absolute atomic E-state index is 0.00555. The molecular weight excluding hydrogens is 516 g/mol. The number of carbonyl (C=O) groups excluding carboxylic acids is 1. The predicted octanol–water partition coefficient (Wildman–Crippen LogP) is 6.47. The highest BCUT2D eigenvalue weighted by atomic mass is 79.9. The zero-order valence-electron chi connectivity index (χ0n) is 16.6. The van der Waals surface area contributed by atoms with Gasteiger partial charge in [-0.05, 0) is 47.5 Å². The summed E-state index contributed by atoms with van der Waals surface area (Å²) in [5.41, 5.74) is -1.88. The molecule has 0 aliphatic heterocycles. The van der Waals surface area contributed by atoms with Crippen LogP contribution in [0.25, 0.3) is 0 Å². The molecule has 0 radical (unpaired) electrons. The summed E-state index contributed by atoms with van der Waals surface area (Å²) in [5, 5.41) is 4.93. The third-order valence-electron chi connectivity index (χ3n) is 4.63. The van der Waals surface area contributed by atoms with E-state index in [0.29, 0.717) is 0 Å². The molecule has 4 nitrogen and oxygen atoms in total. The number of amides is 2. The molecule has 0 aliphatic rings. The molecule has 1 heterocycles. The second-order valence-electron chi connectivity index (χ2n) is 6.94. The molecule has 0 aliphatic carbocycles. The minimum Gasteiger partial charge on any atom is -0.334 e. The molecule has 3 rings (SSSR count). The van der Waals surface area contributed by atoms with E-state index in [2.05, 4.69) is 31.5 Å². The summed E-state index contributed by atoms with van der Waals surface area (Å²) in [6.45, 7) is 0.0766. The third-order valence-corrected chi connectivity index (χ3v) is 5.16. The van der Waals surface area contributed by atoms with Gasteiger partial charge in [0.2, 0.25) is 0 Å². The smallest absolute Gasteiger partial charge is 0.334 e. The fourth-order valence-corrected chi connectivity index (χ4v) is 3.29. The van der Waals surface area contributed by atoms with Crippen LogP contribution < -0.4 is 10.6 Å². The topological polar surface area (TPSA) is 54.0 Å². The fourth-order valence-electron chi connectivity index (χ4n) is 3.03. The average Bonchev–Trinajstić information content (AvgIpc) is 2.76. The van der Waals surface area contributed by atoms with Crippen LogP contribution in [0, 0.1) is 0 Å². The zero-order valence-corrected chi connectivity index (χ0v) is 18.2. The van der Waals surface area contributed by atoms with E-state index in [1.165, 1.54) is 0 Å². The lowest BCUT2D eigenvalue weighted by Crippen LogP contribution is -2.39. The van der Waals surface area contributed by atoms with Crippen LogP contribution in [-0.2, 0) is 18.9 Å². The molecule has 0 bridgehead atoms. The molecule has 3 aromatic rings. The van der Waals surface area contributed by atoms with Gasteiger partial charge >= 0.3 is 18.4 Å². The van der Waals surface area contributed by atoms with E-state index in [1.54, 1.807) is 24.3 Å². The molecule has 0 spiro atoms. The van der Waals surface area contributed by atoms with Gasteiger partial charge in [0.05, 0.1) is 22.9 Å². The monoisotopic (exact) mass is 531 g/mol. The Balaban J connectivity index is 1.91. The van der Waals surface area contributed by atoms with Crippen molar-refractivity contribution >= 4 is 22.0 Å². The lowest BCUT2D eigenvalue weighted by molar-refractivity contribution is -0.139. The Morgan fingerprint density at radius 1 is 0.909 bits per heavy atom. The second kappa shape index (κ2) is 9.82. The summed E-state index contributed by atoms with van der Waals surface area (Å²) in [7, 11) is 0. The van der Waals surface area contributed by atoms with Crippen LogP contribution in [0.3, 0.4) is 0 Å². The summed E-state index contributed by atoms with van der Waals surface area (Å²) >= 11 is 3.28. The fraction of sp³-hybridized carbons (Fsp3) is 0.182. The number of hydrogen-bond acceptors (Lipinski definition) is 2. The van der Waals surface area contributed by atoms with Gasteiger partial charge in [-0.25, -0.2) is 4.79 Å². The molecule has 0 fully saturated rings. The molecule has 0 saturated heterocycles. The number of urea groups is 1. The first kappa shape index (κ1) is 24.6. The number of nitrogens with zero attached hydrogens (tertiary/aromatic N) is 1. The minimum atomic E-state index is -4.79. The zero-order chi connectivity index (χ0) is 24.2. The molecule has 1 unspecified atom stereocenters. The molecule has 0 saturated carbocycles. The first-order valence-corrected chi connectivity index (χ1v) is 10.2. The van der Waals surface area contributed by atoms with Gasteiger partial charge in [0, 0.05) is 17.2 Å². The van der Waals surface area contributed by atoms with Crippen molar-refractivity contribution in [2.75, 3.05) is 0 Å². The van der Waals surface area contributed by atoms with Crippen LogP contribution >= 0.6 is 15.9 Å². The number of hydrogen-bond donors (Lipinski definition) is 2. The van der Waals surface area contributed by atoms with E-state index in [4.69, 9.17) is 0 Å². The van der Waals surface area contributed by atoms with Crippen LogP contribution in [0.4, 0.5) is 31.1 Å². The van der Waals surface area contributed by atoms with Gasteiger partial charge < -0.3 is 10.6 Å². The number of aromatic nitrogens is 1. The maximum atomic E-state index is 13.6. The second-order valence-corrected chi connectivity index (χ2v) is 7.86. The van der Waals surface area contributed by atoms with Gasteiger partial charge in [-0.3, -0.25) is 4.98 Å². The van der Waals surface area contributed by atoms with Gasteiger partial charge in [-0.1, -0.05) is 40.2 Å². The summed E-state index contributed by atoms with van der Waals surface area (Å²) in [5.74, 6) is 0. The van der Waals surface area contributed by atoms with Crippen molar-refractivity contribution < 1.29 is 31.1 Å². The molecule has 1 aromatic heterocycles. The molecule has 1 atom stereocenters. The van der Waals surface area contributed by atoms with Gasteiger partial charge in [0.15, 0.2) is 0 Å². The number of nitrogens with one attached hydrogen (secondary N) is 2. The number of rotatable bonds is 5. The number of benzene rings is 2. The molecule has 11 heteroatoms. The SMILES string of the molecule is O=C(NCc1ccc(Br)cc1)NC(c1ccc(C(F)(F)F)cc1)c1ncccc1C(F)(F)F. The third kappa shape index (κ3) is 6.47. The Kier molecular flexibility index (Phi) is 7.31. The van der Waals surface area contributed by atoms with Crippen molar-refractivity contribution in [3.8, 4) is 0 Å². The number of halogens is 7. The van der Waals surface area contributed by atoms with Crippen LogP contribution in [0.1, 0.15) is 34.0 Å². The lowest BCUT2D eigenvalue weighted by Gasteiger charge is -2.23. The predicted molar refractivity (Wildman–Crippen MR) is 112 cm³/mol. The summed E-state index contributed by atoms with van der Waals surface area (Å²) < 4.78 is 80.3. The van der Waals surface area contributed by atoms with E-state index in [0.717, 1.165) is 52.6 Å². The quantitative estimate of drug-likeness (QED) is 0.370. The maximum absolute atomic E-state index is 13.6. The van der Waals surface area contributed by atoms with Crippen LogP contribution in [0.15, 0.2) is 71.3 Å². The highest BCUT2D eigenvalue weighted by Gasteiger charge is 2.37. The van der Waals surface area contributed by atoms with Crippen LogP contribution in [-0.4, -0.2) is 11.0 Å². The summed E-state index contributed by atoms with van der Waals surface area (Å²) in [6.07, 6.45) is -8.29.